The molecule has 120 valence electrons. The van der Waals surface area contributed by atoms with Crippen LogP contribution in [0, 0.1) is 5.82 Å². The largest absolute Gasteiger partial charge is 0.451 e. The average Bonchev–Trinajstić information content (AvgIpc) is 3.19. The minimum Gasteiger partial charge on any atom is -0.451 e. The highest BCUT2D eigenvalue weighted by Crippen LogP contribution is 2.28. The lowest BCUT2D eigenvalue weighted by Gasteiger charge is -2.05. The zero-order valence-electron chi connectivity index (χ0n) is 11.9. The van der Waals surface area contributed by atoms with Crippen molar-refractivity contribution in [2.24, 2.45) is 0 Å². The lowest BCUT2D eigenvalue weighted by Crippen LogP contribution is -2.42. The smallest absolute Gasteiger partial charge is 0.348 e. The van der Waals surface area contributed by atoms with Gasteiger partial charge >= 0.3 is 12.0 Å². The van der Waals surface area contributed by atoms with Crippen LogP contribution >= 0.6 is 11.3 Å². The van der Waals surface area contributed by atoms with Gasteiger partial charge in [0.15, 0.2) is 6.61 Å². The van der Waals surface area contributed by atoms with E-state index in [-0.39, 0.29) is 10.9 Å². The van der Waals surface area contributed by atoms with Crippen LogP contribution in [0.15, 0.2) is 24.3 Å². The molecule has 0 saturated heterocycles. The lowest BCUT2D eigenvalue weighted by molar-refractivity contribution is -0.123. The summed E-state index contributed by atoms with van der Waals surface area (Å²) in [5, 5.41) is 4.98. The van der Waals surface area contributed by atoms with Crippen molar-refractivity contribution in [3.63, 3.8) is 0 Å². The second-order valence-corrected chi connectivity index (χ2v) is 6.22. The molecule has 23 heavy (non-hydrogen) atoms. The van der Waals surface area contributed by atoms with Crippen LogP contribution in [-0.2, 0) is 9.53 Å². The van der Waals surface area contributed by atoms with E-state index in [0.717, 1.165) is 24.2 Å². The number of urea groups is 1. The summed E-state index contributed by atoms with van der Waals surface area (Å²) in [6, 6.07) is 5.45. The van der Waals surface area contributed by atoms with Crippen LogP contribution < -0.4 is 10.6 Å². The van der Waals surface area contributed by atoms with Crippen LogP contribution in [0.1, 0.15) is 22.5 Å². The van der Waals surface area contributed by atoms with Gasteiger partial charge in [-0.05, 0) is 31.0 Å². The van der Waals surface area contributed by atoms with Crippen LogP contribution in [-0.4, -0.2) is 30.6 Å². The summed E-state index contributed by atoms with van der Waals surface area (Å²) >= 11 is 1.08. The van der Waals surface area contributed by atoms with Gasteiger partial charge in [0.2, 0.25) is 0 Å². The third kappa shape index (κ3) is 3.84. The van der Waals surface area contributed by atoms with E-state index >= 15 is 0 Å². The van der Waals surface area contributed by atoms with Gasteiger partial charge in [-0.1, -0.05) is 6.07 Å². The molecule has 1 heterocycles. The quantitative estimate of drug-likeness (QED) is 0.838. The van der Waals surface area contributed by atoms with E-state index in [1.165, 1.54) is 12.1 Å². The summed E-state index contributed by atoms with van der Waals surface area (Å²) in [6.45, 7) is -0.576. The molecule has 6 nitrogen and oxygen atoms in total. The molecule has 1 saturated carbocycles. The summed E-state index contributed by atoms with van der Waals surface area (Å²) in [5.41, 5.74) is 0. The van der Waals surface area contributed by atoms with Gasteiger partial charge in [0.1, 0.15) is 10.7 Å². The fraction of sp³-hybridized carbons (Fsp3) is 0.267. The minimum absolute atomic E-state index is 0.124. The minimum atomic E-state index is -0.733. The summed E-state index contributed by atoms with van der Waals surface area (Å²) in [5.74, 6) is -1.88. The maximum atomic E-state index is 13.6. The van der Waals surface area contributed by atoms with Gasteiger partial charge < -0.3 is 10.1 Å². The third-order valence-corrected chi connectivity index (χ3v) is 4.29. The molecule has 2 aromatic rings. The van der Waals surface area contributed by atoms with Crippen molar-refractivity contribution in [2.75, 3.05) is 6.61 Å². The number of benzene rings is 1. The predicted molar refractivity (Wildman–Crippen MR) is 81.8 cm³/mol. The summed E-state index contributed by atoms with van der Waals surface area (Å²) in [4.78, 5) is 34.9. The van der Waals surface area contributed by atoms with Gasteiger partial charge in [-0.15, -0.1) is 11.3 Å². The Bertz CT molecular complexity index is 785. The number of nitrogens with one attached hydrogen (secondary N) is 2. The van der Waals surface area contributed by atoms with Crippen molar-refractivity contribution in [1.29, 1.82) is 0 Å². The molecule has 1 fully saturated rings. The van der Waals surface area contributed by atoms with E-state index < -0.39 is 30.3 Å². The Kier molecular flexibility index (Phi) is 4.24. The number of thiophene rings is 1. The summed E-state index contributed by atoms with van der Waals surface area (Å²) in [7, 11) is 0. The molecule has 1 aliphatic carbocycles. The normalized spacial score (nSPS) is 13.6. The van der Waals surface area contributed by atoms with E-state index in [9.17, 15) is 18.8 Å². The number of carbonyl (C=O) groups excluding carboxylic acids is 3. The van der Waals surface area contributed by atoms with Gasteiger partial charge in [0, 0.05) is 16.1 Å². The van der Waals surface area contributed by atoms with Gasteiger partial charge in [-0.2, -0.15) is 0 Å². The van der Waals surface area contributed by atoms with Crippen LogP contribution in [0.3, 0.4) is 0 Å². The zero-order chi connectivity index (χ0) is 16.4. The maximum Gasteiger partial charge on any atom is 0.348 e. The van der Waals surface area contributed by atoms with Crippen LogP contribution in [0.4, 0.5) is 9.18 Å². The van der Waals surface area contributed by atoms with Gasteiger partial charge in [0.25, 0.3) is 5.91 Å². The molecule has 1 aromatic heterocycles. The molecular formula is C15H13FN2O4S. The van der Waals surface area contributed by atoms with Crippen LogP contribution in [0.2, 0.25) is 0 Å². The van der Waals surface area contributed by atoms with E-state index in [1.54, 1.807) is 12.1 Å². The average molecular weight is 336 g/mol. The Hall–Kier alpha value is -2.48. The third-order valence-electron chi connectivity index (χ3n) is 3.21. The second-order valence-electron chi connectivity index (χ2n) is 5.13. The summed E-state index contributed by atoms with van der Waals surface area (Å²) < 4.78 is 19.0. The molecule has 2 N–H and O–H groups in total. The number of carbonyl (C=O) groups is 3. The van der Waals surface area contributed by atoms with Crippen molar-refractivity contribution in [3.8, 4) is 0 Å². The monoisotopic (exact) mass is 336 g/mol. The Labute approximate surface area is 134 Å². The molecule has 0 spiro atoms. The van der Waals surface area contributed by atoms with Gasteiger partial charge in [-0.25, -0.2) is 14.0 Å². The number of esters is 1. The van der Waals surface area contributed by atoms with E-state index in [4.69, 9.17) is 4.74 Å². The highest BCUT2D eigenvalue weighted by atomic mass is 32.1. The molecule has 8 heteroatoms. The first kappa shape index (κ1) is 15.4. The molecule has 3 rings (SSSR count). The number of halogens is 1. The van der Waals surface area contributed by atoms with E-state index in [0.29, 0.717) is 10.1 Å². The topological polar surface area (TPSA) is 84.5 Å². The first-order valence-electron chi connectivity index (χ1n) is 6.98. The first-order chi connectivity index (χ1) is 11.0. The molecular weight excluding hydrogens is 323 g/mol. The molecule has 1 aromatic carbocycles. The lowest BCUT2D eigenvalue weighted by atomic mass is 10.2. The van der Waals surface area contributed by atoms with Crippen molar-refractivity contribution < 1.29 is 23.5 Å². The predicted octanol–water partition coefficient (Wildman–Crippen LogP) is 2.19. The van der Waals surface area contributed by atoms with Crippen molar-refractivity contribution in [2.45, 2.75) is 18.9 Å². The Morgan fingerprint density at radius 2 is 2.09 bits per heavy atom. The van der Waals surface area contributed by atoms with Crippen LogP contribution in [0.25, 0.3) is 10.1 Å². The molecule has 0 bridgehead atoms. The first-order valence-corrected chi connectivity index (χ1v) is 7.80. The number of ether oxygens (including phenoxy) is 1. The van der Waals surface area contributed by atoms with Crippen molar-refractivity contribution >= 4 is 39.3 Å². The Balaban J connectivity index is 1.54. The SMILES string of the molecule is O=C(COC(=O)c1cc2c(F)cccc2s1)NC(=O)NC1CC1. The molecule has 3 amide bonds. The highest BCUT2D eigenvalue weighted by Gasteiger charge is 2.24. The highest BCUT2D eigenvalue weighted by molar-refractivity contribution is 7.20. The molecule has 0 unspecified atom stereocenters. The molecule has 1 aliphatic rings. The number of hydrogen-bond acceptors (Lipinski definition) is 5. The van der Waals surface area contributed by atoms with E-state index in [1.807, 2.05) is 0 Å². The Morgan fingerprint density at radius 3 is 2.78 bits per heavy atom. The van der Waals surface area contributed by atoms with Gasteiger partial charge in [-0.3, -0.25) is 10.1 Å². The molecule has 0 aliphatic heterocycles. The fourth-order valence-corrected chi connectivity index (χ4v) is 2.91. The van der Waals surface area contributed by atoms with Crippen molar-refractivity contribution in [3.05, 3.63) is 35.0 Å². The maximum absolute atomic E-state index is 13.6. The number of fused-ring (bicyclic) bond motifs is 1. The van der Waals surface area contributed by atoms with Gasteiger partial charge in [0.05, 0.1) is 0 Å². The van der Waals surface area contributed by atoms with E-state index in [2.05, 4.69) is 10.6 Å². The summed E-state index contributed by atoms with van der Waals surface area (Å²) in [6.07, 6.45) is 1.80. The number of rotatable bonds is 4. The number of hydrogen-bond donors (Lipinski definition) is 2. The molecule has 0 atom stereocenters. The number of amides is 3. The number of imide groups is 1. The standard InChI is InChI=1S/C15H13FN2O4S/c16-10-2-1-3-11-9(10)6-12(23-11)14(20)22-7-13(19)18-15(21)17-8-4-5-8/h1-3,6,8H,4-5,7H2,(H2,17,18,19,21). The zero-order valence-corrected chi connectivity index (χ0v) is 12.7. The Morgan fingerprint density at radius 1 is 1.30 bits per heavy atom. The van der Waals surface area contributed by atoms with Crippen LogP contribution in [0.5, 0.6) is 0 Å². The fourth-order valence-electron chi connectivity index (χ4n) is 1.94. The molecule has 0 radical (unpaired) electrons. The second kappa shape index (κ2) is 6.33. The van der Waals surface area contributed by atoms with Crippen molar-refractivity contribution in [1.82, 2.24) is 10.6 Å².